The van der Waals surface area contributed by atoms with E-state index < -0.39 is 11.5 Å². The minimum Gasteiger partial charge on any atom is -0.459 e. The van der Waals surface area contributed by atoms with Crippen molar-refractivity contribution in [3.8, 4) is 0 Å². The molecule has 130 valence electrons. The molecule has 0 aliphatic heterocycles. The van der Waals surface area contributed by atoms with E-state index in [-0.39, 0.29) is 11.6 Å². The molecule has 0 radical (unpaired) electrons. The van der Waals surface area contributed by atoms with Gasteiger partial charge in [-0.1, -0.05) is 24.3 Å². The van der Waals surface area contributed by atoms with E-state index in [1.54, 1.807) is 12.3 Å². The van der Waals surface area contributed by atoms with Crippen LogP contribution in [0, 0.1) is 6.92 Å². The van der Waals surface area contributed by atoms with Gasteiger partial charge in [-0.25, -0.2) is 4.98 Å². The Balaban J connectivity index is 1.64. The first-order chi connectivity index (χ1) is 12.5. The lowest BCUT2D eigenvalue weighted by Crippen LogP contribution is -2.33. The Bertz CT molecular complexity index is 1160. The quantitative estimate of drug-likeness (QED) is 0.617. The number of benzene rings is 1. The van der Waals surface area contributed by atoms with Gasteiger partial charge in [0.05, 0.1) is 6.04 Å². The second kappa shape index (κ2) is 6.15. The van der Waals surface area contributed by atoms with Gasteiger partial charge >= 0.3 is 0 Å². The summed E-state index contributed by atoms with van der Waals surface area (Å²) in [5, 5.41) is 3.77. The summed E-state index contributed by atoms with van der Waals surface area (Å²) >= 11 is 0. The van der Waals surface area contributed by atoms with Gasteiger partial charge in [0.2, 0.25) is 0 Å². The molecular formula is C20H17N3O3. The van der Waals surface area contributed by atoms with Crippen molar-refractivity contribution in [2.45, 2.75) is 19.9 Å². The van der Waals surface area contributed by atoms with Gasteiger partial charge in [-0.15, -0.1) is 0 Å². The van der Waals surface area contributed by atoms with E-state index in [9.17, 15) is 9.59 Å². The lowest BCUT2D eigenvalue weighted by Gasteiger charge is -2.11. The van der Waals surface area contributed by atoms with E-state index in [1.165, 1.54) is 10.6 Å². The number of nitrogens with one attached hydrogen (secondary N) is 1. The van der Waals surface area contributed by atoms with Crippen molar-refractivity contribution in [3.05, 3.63) is 82.1 Å². The Morgan fingerprint density at radius 1 is 1.23 bits per heavy atom. The molecule has 0 saturated heterocycles. The largest absolute Gasteiger partial charge is 0.459 e. The van der Waals surface area contributed by atoms with Crippen molar-refractivity contribution in [1.29, 1.82) is 0 Å². The highest BCUT2D eigenvalue weighted by atomic mass is 16.3. The van der Waals surface area contributed by atoms with Crippen LogP contribution in [0.4, 0.5) is 0 Å². The van der Waals surface area contributed by atoms with Gasteiger partial charge in [-0.2, -0.15) is 0 Å². The van der Waals surface area contributed by atoms with Crippen LogP contribution in [0.25, 0.3) is 16.6 Å². The van der Waals surface area contributed by atoms with Gasteiger partial charge in [0, 0.05) is 17.8 Å². The molecule has 0 aliphatic carbocycles. The summed E-state index contributed by atoms with van der Waals surface area (Å²) in [7, 11) is 0. The van der Waals surface area contributed by atoms with Gasteiger partial charge in [0.25, 0.3) is 11.5 Å². The molecule has 1 N–H and O–H groups in total. The molecule has 0 saturated carbocycles. The summed E-state index contributed by atoms with van der Waals surface area (Å²) in [6.45, 7) is 3.69. The first kappa shape index (κ1) is 16.1. The summed E-state index contributed by atoms with van der Waals surface area (Å²) in [4.78, 5) is 29.4. The van der Waals surface area contributed by atoms with Crippen LogP contribution in [0.2, 0.25) is 0 Å². The normalized spacial score (nSPS) is 12.4. The Hall–Kier alpha value is -3.41. The molecular weight excluding hydrogens is 330 g/mol. The molecule has 6 heteroatoms. The van der Waals surface area contributed by atoms with E-state index in [2.05, 4.69) is 10.3 Å². The molecule has 1 amide bonds. The summed E-state index contributed by atoms with van der Waals surface area (Å²) in [6.07, 6.45) is 2.98. The standard InChI is InChI=1S/C20H17N3O3/c1-12-7-8-18-21-10-15(20(25)23(18)11-12)19(24)22-13(2)17-9-14-5-3-4-6-16(14)26-17/h3-11,13H,1-2H3,(H,22,24). The molecule has 1 atom stereocenters. The first-order valence-corrected chi connectivity index (χ1v) is 8.30. The van der Waals surface area contributed by atoms with E-state index in [4.69, 9.17) is 4.42 Å². The molecule has 4 aromatic rings. The predicted molar refractivity (Wildman–Crippen MR) is 98.3 cm³/mol. The third-order valence-corrected chi connectivity index (χ3v) is 4.31. The van der Waals surface area contributed by atoms with Crippen LogP contribution in [0.5, 0.6) is 0 Å². The zero-order chi connectivity index (χ0) is 18.3. The number of nitrogens with zero attached hydrogens (tertiary/aromatic N) is 2. The Kier molecular flexibility index (Phi) is 3.80. The van der Waals surface area contributed by atoms with Gasteiger partial charge in [0.15, 0.2) is 0 Å². The van der Waals surface area contributed by atoms with E-state index in [0.717, 1.165) is 16.5 Å². The van der Waals surface area contributed by atoms with Crippen LogP contribution in [0.15, 0.2) is 64.1 Å². The molecule has 6 nitrogen and oxygen atoms in total. The van der Waals surface area contributed by atoms with Crippen LogP contribution in [0.1, 0.15) is 34.6 Å². The fourth-order valence-electron chi connectivity index (χ4n) is 2.90. The van der Waals surface area contributed by atoms with Crippen molar-refractivity contribution < 1.29 is 9.21 Å². The lowest BCUT2D eigenvalue weighted by atomic mass is 10.2. The molecule has 1 aromatic carbocycles. The summed E-state index contributed by atoms with van der Waals surface area (Å²) < 4.78 is 7.15. The predicted octanol–water partition coefficient (Wildman–Crippen LogP) is 3.24. The zero-order valence-corrected chi connectivity index (χ0v) is 14.4. The molecule has 3 heterocycles. The monoisotopic (exact) mass is 347 g/mol. The maximum absolute atomic E-state index is 12.6. The Morgan fingerprint density at radius 3 is 2.85 bits per heavy atom. The highest BCUT2D eigenvalue weighted by molar-refractivity contribution is 5.94. The molecule has 0 fully saturated rings. The average Bonchev–Trinajstić information content (AvgIpc) is 3.07. The maximum Gasteiger partial charge on any atom is 0.270 e. The van der Waals surface area contributed by atoms with Crippen molar-refractivity contribution in [2.24, 2.45) is 0 Å². The number of hydrogen-bond acceptors (Lipinski definition) is 4. The lowest BCUT2D eigenvalue weighted by molar-refractivity contribution is 0.0933. The summed E-state index contributed by atoms with van der Waals surface area (Å²) in [6, 6.07) is 12.7. The van der Waals surface area contributed by atoms with E-state index in [0.29, 0.717) is 11.4 Å². The van der Waals surface area contributed by atoms with E-state index in [1.807, 2.05) is 50.2 Å². The average molecular weight is 347 g/mol. The fourth-order valence-corrected chi connectivity index (χ4v) is 2.90. The van der Waals surface area contributed by atoms with Gasteiger partial charge in [-0.05, 0) is 37.6 Å². The van der Waals surface area contributed by atoms with Crippen molar-refractivity contribution in [3.63, 3.8) is 0 Å². The molecule has 0 spiro atoms. The molecule has 4 rings (SSSR count). The Morgan fingerprint density at radius 2 is 2.04 bits per heavy atom. The number of amides is 1. The maximum atomic E-state index is 12.6. The smallest absolute Gasteiger partial charge is 0.270 e. The summed E-state index contributed by atoms with van der Waals surface area (Å²) in [5.74, 6) is 0.149. The Labute approximate surface area is 149 Å². The SMILES string of the molecule is Cc1ccc2ncc(C(=O)NC(C)c3cc4ccccc4o3)c(=O)n2c1. The molecule has 1 unspecified atom stereocenters. The number of para-hydroxylation sites is 1. The molecule has 0 aliphatic rings. The number of aryl methyl sites for hydroxylation is 1. The number of fused-ring (bicyclic) bond motifs is 2. The highest BCUT2D eigenvalue weighted by Crippen LogP contribution is 2.23. The third kappa shape index (κ3) is 2.75. The van der Waals surface area contributed by atoms with Crippen LogP contribution >= 0.6 is 0 Å². The van der Waals surface area contributed by atoms with Gasteiger partial charge in [0.1, 0.15) is 22.6 Å². The number of aromatic nitrogens is 2. The topological polar surface area (TPSA) is 76.6 Å². The number of hydrogen-bond donors (Lipinski definition) is 1. The van der Waals surface area contributed by atoms with Crippen LogP contribution in [-0.4, -0.2) is 15.3 Å². The molecule has 3 aromatic heterocycles. The van der Waals surface area contributed by atoms with Crippen LogP contribution < -0.4 is 10.9 Å². The minimum absolute atomic E-state index is 0.00365. The van der Waals surface area contributed by atoms with Gasteiger partial charge < -0.3 is 9.73 Å². The van der Waals surface area contributed by atoms with Crippen molar-refractivity contribution in [1.82, 2.24) is 14.7 Å². The second-order valence-electron chi connectivity index (χ2n) is 6.29. The van der Waals surface area contributed by atoms with Crippen molar-refractivity contribution >= 4 is 22.5 Å². The zero-order valence-electron chi connectivity index (χ0n) is 14.4. The first-order valence-electron chi connectivity index (χ1n) is 8.30. The second-order valence-corrected chi connectivity index (χ2v) is 6.29. The minimum atomic E-state index is -0.480. The third-order valence-electron chi connectivity index (χ3n) is 4.31. The number of furan rings is 1. The highest BCUT2D eigenvalue weighted by Gasteiger charge is 2.18. The number of carbonyl (C=O) groups is 1. The van der Waals surface area contributed by atoms with Crippen molar-refractivity contribution in [2.75, 3.05) is 0 Å². The number of pyridine rings is 1. The number of rotatable bonds is 3. The molecule has 0 bridgehead atoms. The molecule has 26 heavy (non-hydrogen) atoms. The number of carbonyl (C=O) groups excluding carboxylic acids is 1. The van der Waals surface area contributed by atoms with Crippen LogP contribution in [-0.2, 0) is 0 Å². The van der Waals surface area contributed by atoms with E-state index >= 15 is 0 Å². The summed E-state index contributed by atoms with van der Waals surface area (Å²) in [5.41, 5.74) is 1.77. The fraction of sp³-hybridized carbons (Fsp3) is 0.150. The van der Waals surface area contributed by atoms with Crippen LogP contribution in [0.3, 0.4) is 0 Å². The van der Waals surface area contributed by atoms with Gasteiger partial charge in [-0.3, -0.25) is 14.0 Å².